The predicted molar refractivity (Wildman–Crippen MR) is 91.0 cm³/mol. The molecule has 0 saturated carbocycles. The van der Waals surface area contributed by atoms with Crippen LogP contribution in [-0.4, -0.2) is 30.9 Å². The van der Waals surface area contributed by atoms with Crippen molar-refractivity contribution in [3.63, 3.8) is 0 Å². The average molecular weight is 417 g/mol. The van der Waals surface area contributed by atoms with Crippen molar-refractivity contribution in [2.45, 2.75) is 11.2 Å². The molecule has 0 aliphatic heterocycles. The highest BCUT2D eigenvalue weighted by atomic mass is 32.2. The van der Waals surface area contributed by atoms with Gasteiger partial charge in [0.25, 0.3) is 10.0 Å². The largest absolute Gasteiger partial charge is 0.465 e. The normalized spacial score (nSPS) is 12.1. The Kier molecular flexibility index (Phi) is 4.78. The third-order valence-electron chi connectivity index (χ3n) is 3.50. The minimum atomic E-state index is -4.73. The van der Waals surface area contributed by atoms with E-state index < -0.39 is 38.4 Å². The minimum Gasteiger partial charge on any atom is -0.465 e. The first-order valence-electron chi connectivity index (χ1n) is 7.15. The number of carbonyl (C=O) groups excluding carboxylic acids is 1. The molecule has 3 rings (SSSR count). The Hall–Kier alpha value is -2.73. The van der Waals surface area contributed by atoms with Gasteiger partial charge in [-0.05, 0) is 35.8 Å². The summed E-state index contributed by atoms with van der Waals surface area (Å²) >= 11 is 1.04. The van der Waals surface area contributed by atoms with Crippen molar-refractivity contribution in [3.8, 4) is 0 Å². The van der Waals surface area contributed by atoms with Crippen LogP contribution in [0.5, 0.6) is 0 Å². The Morgan fingerprint density at radius 2 is 2.00 bits per heavy atom. The van der Waals surface area contributed by atoms with Crippen molar-refractivity contribution in [3.05, 3.63) is 47.8 Å². The molecular formula is C15H10F3N3O4S2. The van der Waals surface area contributed by atoms with E-state index in [-0.39, 0.29) is 10.9 Å². The molecule has 1 aromatic carbocycles. The van der Waals surface area contributed by atoms with Gasteiger partial charge >= 0.3 is 12.1 Å². The van der Waals surface area contributed by atoms with Crippen molar-refractivity contribution in [2.24, 2.45) is 0 Å². The smallest absolute Gasteiger partial charge is 0.416 e. The molecule has 0 unspecified atom stereocenters. The van der Waals surface area contributed by atoms with E-state index in [1.807, 2.05) is 4.72 Å². The molecule has 12 heteroatoms. The van der Waals surface area contributed by atoms with Crippen LogP contribution in [0.3, 0.4) is 0 Å². The van der Waals surface area contributed by atoms with Crippen molar-refractivity contribution < 1.29 is 31.1 Å². The van der Waals surface area contributed by atoms with Gasteiger partial charge in [-0.2, -0.15) is 26.0 Å². The highest BCUT2D eigenvalue weighted by molar-refractivity contribution is 7.92. The molecule has 0 atom stereocenters. The van der Waals surface area contributed by atoms with E-state index in [9.17, 15) is 26.4 Å². The maximum absolute atomic E-state index is 13.0. The molecule has 0 bridgehead atoms. The zero-order chi connectivity index (χ0) is 19.8. The summed E-state index contributed by atoms with van der Waals surface area (Å²) in [7, 11) is -3.38. The number of methoxy groups -OCH3 is 1. The number of aromatic nitrogens is 2. The van der Waals surface area contributed by atoms with Gasteiger partial charge in [0.05, 0.1) is 40.2 Å². The van der Waals surface area contributed by atoms with Crippen LogP contribution in [0.4, 0.5) is 18.9 Å². The number of halogens is 3. The first-order chi connectivity index (χ1) is 12.6. The molecule has 0 amide bonds. The second kappa shape index (κ2) is 6.78. The van der Waals surface area contributed by atoms with E-state index in [2.05, 4.69) is 14.1 Å². The first kappa shape index (κ1) is 19.0. The van der Waals surface area contributed by atoms with Gasteiger partial charge in [0.2, 0.25) is 0 Å². The van der Waals surface area contributed by atoms with Crippen LogP contribution in [0.15, 0.2) is 41.7 Å². The third-order valence-corrected chi connectivity index (χ3v) is 5.58. The van der Waals surface area contributed by atoms with E-state index in [1.54, 1.807) is 6.07 Å². The second-order valence-corrected chi connectivity index (χ2v) is 7.64. The van der Waals surface area contributed by atoms with E-state index in [0.29, 0.717) is 16.8 Å². The number of carbonyl (C=O) groups is 1. The number of nitrogens with zero attached hydrogens (tertiary/aromatic N) is 2. The van der Waals surface area contributed by atoms with Gasteiger partial charge in [0.1, 0.15) is 0 Å². The molecule has 0 radical (unpaired) electrons. The fraction of sp³-hybridized carbons (Fsp3) is 0.133. The zero-order valence-corrected chi connectivity index (χ0v) is 15.1. The van der Waals surface area contributed by atoms with E-state index in [0.717, 1.165) is 24.7 Å². The number of anilines is 1. The first-order valence-corrected chi connectivity index (χ1v) is 9.41. The molecule has 27 heavy (non-hydrogen) atoms. The molecule has 0 aliphatic rings. The van der Waals surface area contributed by atoms with E-state index in [4.69, 9.17) is 0 Å². The van der Waals surface area contributed by atoms with Crippen molar-refractivity contribution in [1.82, 2.24) is 9.36 Å². The lowest BCUT2D eigenvalue weighted by Crippen LogP contribution is -2.18. The van der Waals surface area contributed by atoms with Gasteiger partial charge < -0.3 is 4.74 Å². The standard InChI is InChI=1S/C15H10F3N3O4S2/c1-25-14(22)9-3-2-8(15(16,17)18)6-11(9)21-27(23,24)13-10-7-20-26-12(10)4-5-19-13/h2-7,21H,1H3. The van der Waals surface area contributed by atoms with E-state index in [1.165, 1.54) is 12.4 Å². The van der Waals surface area contributed by atoms with Gasteiger partial charge in [0.15, 0.2) is 5.03 Å². The Balaban J connectivity index is 2.12. The maximum atomic E-state index is 13.0. The summed E-state index contributed by atoms with van der Waals surface area (Å²) in [5.41, 5.74) is -2.07. The summed E-state index contributed by atoms with van der Waals surface area (Å²) in [6.07, 6.45) is -2.21. The fourth-order valence-corrected chi connectivity index (χ4v) is 4.18. The summed E-state index contributed by atoms with van der Waals surface area (Å²) < 4.78 is 75.3. The Morgan fingerprint density at radius 1 is 1.26 bits per heavy atom. The van der Waals surface area contributed by atoms with Crippen LogP contribution >= 0.6 is 11.5 Å². The number of ether oxygens (including phenoxy) is 1. The molecule has 0 saturated heterocycles. The molecule has 142 valence electrons. The molecular weight excluding hydrogens is 407 g/mol. The summed E-state index contributed by atoms with van der Waals surface area (Å²) in [6, 6.07) is 3.57. The predicted octanol–water partition coefficient (Wildman–Crippen LogP) is 3.30. The summed E-state index contributed by atoms with van der Waals surface area (Å²) in [6.45, 7) is 0. The number of fused-ring (bicyclic) bond motifs is 1. The average Bonchev–Trinajstić information content (AvgIpc) is 3.08. The number of benzene rings is 1. The second-order valence-electron chi connectivity index (χ2n) is 5.21. The maximum Gasteiger partial charge on any atom is 0.416 e. The van der Waals surface area contributed by atoms with Gasteiger partial charge in [-0.15, -0.1) is 0 Å². The minimum absolute atomic E-state index is 0.210. The summed E-state index contributed by atoms with van der Waals surface area (Å²) in [5, 5.41) is -0.205. The SMILES string of the molecule is COC(=O)c1ccc(C(F)(F)F)cc1NS(=O)(=O)c1nccc2sncc12. The molecule has 7 nitrogen and oxygen atoms in total. The molecule has 0 spiro atoms. The van der Waals surface area contributed by atoms with Crippen molar-refractivity contribution in [1.29, 1.82) is 0 Å². The van der Waals surface area contributed by atoms with Crippen LogP contribution < -0.4 is 4.72 Å². The Morgan fingerprint density at radius 3 is 2.67 bits per heavy atom. The molecule has 0 fully saturated rings. The Bertz CT molecular complexity index is 1130. The highest BCUT2D eigenvalue weighted by Crippen LogP contribution is 2.33. The van der Waals surface area contributed by atoms with Crippen LogP contribution in [0, 0.1) is 0 Å². The topological polar surface area (TPSA) is 98.2 Å². The Labute approximate surface area is 155 Å². The molecule has 0 aliphatic carbocycles. The van der Waals surface area contributed by atoms with E-state index >= 15 is 0 Å². The van der Waals surface area contributed by atoms with Crippen LogP contribution in [0.25, 0.3) is 10.1 Å². The molecule has 1 N–H and O–H groups in total. The fourth-order valence-electron chi connectivity index (χ4n) is 2.27. The van der Waals surface area contributed by atoms with Crippen molar-refractivity contribution in [2.75, 3.05) is 11.8 Å². The van der Waals surface area contributed by atoms with Crippen LogP contribution in [0.2, 0.25) is 0 Å². The van der Waals surface area contributed by atoms with Gasteiger partial charge in [-0.1, -0.05) is 0 Å². The molecule has 3 aromatic rings. The number of hydrogen-bond donors (Lipinski definition) is 1. The highest BCUT2D eigenvalue weighted by Gasteiger charge is 2.32. The lowest BCUT2D eigenvalue weighted by Gasteiger charge is -2.14. The zero-order valence-electron chi connectivity index (χ0n) is 13.4. The van der Waals surface area contributed by atoms with Gasteiger partial charge in [-0.25, -0.2) is 9.78 Å². The third kappa shape index (κ3) is 3.71. The number of sulfonamides is 1. The summed E-state index contributed by atoms with van der Waals surface area (Å²) in [5.74, 6) is -0.996. The molecule has 2 heterocycles. The van der Waals surface area contributed by atoms with Crippen LogP contribution in [-0.2, 0) is 20.9 Å². The monoisotopic (exact) mass is 417 g/mol. The van der Waals surface area contributed by atoms with Crippen molar-refractivity contribution >= 4 is 43.3 Å². The number of hydrogen-bond acceptors (Lipinski definition) is 7. The molecule has 2 aromatic heterocycles. The lowest BCUT2D eigenvalue weighted by molar-refractivity contribution is -0.137. The number of rotatable bonds is 4. The van der Waals surface area contributed by atoms with Crippen LogP contribution in [0.1, 0.15) is 15.9 Å². The number of alkyl halides is 3. The quantitative estimate of drug-likeness (QED) is 0.654. The summed E-state index contributed by atoms with van der Waals surface area (Å²) in [4.78, 5) is 15.6. The number of esters is 1. The lowest BCUT2D eigenvalue weighted by atomic mass is 10.1. The van der Waals surface area contributed by atoms with Gasteiger partial charge in [-0.3, -0.25) is 4.72 Å². The van der Waals surface area contributed by atoms with Gasteiger partial charge in [0, 0.05) is 6.20 Å². The number of nitrogens with one attached hydrogen (secondary N) is 1. The number of pyridine rings is 1.